The lowest BCUT2D eigenvalue weighted by Gasteiger charge is -2.26. The van der Waals surface area contributed by atoms with Crippen molar-refractivity contribution in [2.75, 3.05) is 4.90 Å². The second-order valence-corrected chi connectivity index (χ2v) is 10.9. The van der Waals surface area contributed by atoms with Gasteiger partial charge in [0.15, 0.2) is 0 Å². The zero-order valence-electron chi connectivity index (χ0n) is 23.2. The highest BCUT2D eigenvalue weighted by Gasteiger charge is 2.18. The van der Waals surface area contributed by atoms with E-state index in [1.807, 2.05) is 12.3 Å². The Morgan fingerprint density at radius 2 is 1.23 bits per heavy atom. The lowest BCUT2D eigenvalue weighted by atomic mass is 10.1. The molecule has 9 rings (SSSR count). The summed E-state index contributed by atoms with van der Waals surface area (Å²) in [6, 6.07) is 49.6. The third-order valence-electron chi connectivity index (χ3n) is 8.41. The topological polar surface area (TPSA) is 34.2 Å². The van der Waals surface area contributed by atoms with Gasteiger partial charge in [-0.1, -0.05) is 66.7 Å². The number of furan rings is 1. The third kappa shape index (κ3) is 3.74. The Morgan fingerprint density at radius 3 is 2.14 bits per heavy atom. The molecule has 0 saturated heterocycles. The Hall–Kier alpha value is -5.87. The molecule has 0 aliphatic rings. The van der Waals surface area contributed by atoms with Gasteiger partial charge in [-0.25, -0.2) is 0 Å². The molecule has 0 saturated carbocycles. The van der Waals surface area contributed by atoms with Crippen LogP contribution in [0.25, 0.3) is 60.2 Å². The van der Waals surface area contributed by atoms with Crippen molar-refractivity contribution in [2.45, 2.75) is 0 Å². The first-order valence-corrected chi connectivity index (χ1v) is 14.5. The van der Waals surface area contributed by atoms with E-state index < -0.39 is 0 Å². The van der Waals surface area contributed by atoms with Gasteiger partial charge in [0.25, 0.3) is 0 Å². The van der Waals surface area contributed by atoms with Gasteiger partial charge in [0.2, 0.25) is 0 Å². The minimum atomic E-state index is 0.842. The number of aromatic nitrogens is 2. The van der Waals surface area contributed by atoms with Gasteiger partial charge in [-0.15, -0.1) is 0 Å². The molecule has 0 N–H and O–H groups in total. The first-order chi connectivity index (χ1) is 21.3. The van der Waals surface area contributed by atoms with Crippen LogP contribution in [0.5, 0.6) is 0 Å². The first kappa shape index (κ1) is 23.8. The Kier molecular flexibility index (Phi) is 5.16. The summed E-state index contributed by atoms with van der Waals surface area (Å²) in [5, 5.41) is 7.05. The van der Waals surface area contributed by atoms with Crippen LogP contribution in [-0.4, -0.2) is 9.55 Å². The van der Waals surface area contributed by atoms with E-state index in [1.54, 1.807) is 6.20 Å². The standard InChI is InChI=1S/C39H25N3O/c1-2-11-28(12-3-1)41(31-17-18-38-34(24-31)35-25-40-20-19-39(35)43-38)29-13-8-14-30(23-29)42-36-16-7-6-15-32(36)33-21-26-9-4-5-10-27(26)22-37(33)42/h1-25H. The molecule has 0 fully saturated rings. The zero-order valence-corrected chi connectivity index (χ0v) is 23.2. The molecule has 0 unspecified atom stereocenters. The van der Waals surface area contributed by atoms with Crippen LogP contribution in [-0.2, 0) is 0 Å². The fourth-order valence-electron chi connectivity index (χ4n) is 6.48. The van der Waals surface area contributed by atoms with Crippen LogP contribution < -0.4 is 4.90 Å². The molecule has 3 aromatic heterocycles. The Labute approximate surface area is 247 Å². The molecule has 9 aromatic rings. The number of rotatable bonds is 4. The Bertz CT molecular complexity index is 2470. The molecule has 0 atom stereocenters. The minimum absolute atomic E-state index is 0.842. The van der Waals surface area contributed by atoms with E-state index >= 15 is 0 Å². The third-order valence-corrected chi connectivity index (χ3v) is 8.41. The van der Waals surface area contributed by atoms with E-state index in [0.29, 0.717) is 0 Å². The summed E-state index contributed by atoms with van der Waals surface area (Å²) in [6.07, 6.45) is 3.65. The van der Waals surface area contributed by atoms with Crippen molar-refractivity contribution in [1.82, 2.24) is 9.55 Å². The van der Waals surface area contributed by atoms with Crippen LogP contribution in [0, 0.1) is 0 Å². The first-order valence-electron chi connectivity index (χ1n) is 14.5. The molecule has 0 aliphatic carbocycles. The van der Waals surface area contributed by atoms with Gasteiger partial charge in [-0.05, 0) is 83.6 Å². The Morgan fingerprint density at radius 1 is 0.488 bits per heavy atom. The second-order valence-electron chi connectivity index (χ2n) is 10.9. The molecule has 0 amide bonds. The minimum Gasteiger partial charge on any atom is -0.456 e. The van der Waals surface area contributed by atoms with E-state index in [0.717, 1.165) is 44.7 Å². The molecule has 6 aromatic carbocycles. The van der Waals surface area contributed by atoms with Crippen molar-refractivity contribution in [2.24, 2.45) is 0 Å². The number of para-hydroxylation sites is 2. The van der Waals surface area contributed by atoms with Gasteiger partial charge >= 0.3 is 0 Å². The van der Waals surface area contributed by atoms with Gasteiger partial charge in [0, 0.05) is 56.7 Å². The maximum absolute atomic E-state index is 6.12. The second kappa shape index (κ2) is 9.33. The number of pyridine rings is 1. The number of benzene rings is 6. The Balaban J connectivity index is 1.28. The van der Waals surface area contributed by atoms with Crippen molar-refractivity contribution < 1.29 is 4.42 Å². The molecule has 0 spiro atoms. The van der Waals surface area contributed by atoms with Crippen LogP contribution in [0.3, 0.4) is 0 Å². The summed E-state index contributed by atoms with van der Waals surface area (Å²) < 4.78 is 8.51. The normalized spacial score (nSPS) is 11.7. The van der Waals surface area contributed by atoms with E-state index in [2.05, 4.69) is 148 Å². The summed E-state index contributed by atoms with van der Waals surface area (Å²) in [7, 11) is 0. The van der Waals surface area contributed by atoms with Crippen molar-refractivity contribution in [3.05, 3.63) is 152 Å². The SMILES string of the molecule is c1ccc(N(c2cccc(-n3c4ccccc4c4cc5ccccc5cc43)c2)c2ccc3oc4ccncc4c3c2)cc1. The highest BCUT2D eigenvalue weighted by Crippen LogP contribution is 2.40. The monoisotopic (exact) mass is 551 g/mol. The smallest absolute Gasteiger partial charge is 0.138 e. The van der Waals surface area contributed by atoms with E-state index in [4.69, 9.17) is 4.42 Å². The summed E-state index contributed by atoms with van der Waals surface area (Å²) >= 11 is 0. The quantitative estimate of drug-likeness (QED) is 0.218. The molecular formula is C39H25N3O. The molecule has 202 valence electrons. The van der Waals surface area contributed by atoms with Crippen LogP contribution in [0.2, 0.25) is 0 Å². The summed E-state index contributed by atoms with van der Waals surface area (Å²) in [5.74, 6) is 0. The number of fused-ring (bicyclic) bond motifs is 7. The van der Waals surface area contributed by atoms with E-state index in [-0.39, 0.29) is 0 Å². The maximum atomic E-state index is 6.12. The van der Waals surface area contributed by atoms with E-state index in [1.165, 1.54) is 32.6 Å². The lowest BCUT2D eigenvalue weighted by Crippen LogP contribution is -2.10. The van der Waals surface area contributed by atoms with Gasteiger partial charge in [0.1, 0.15) is 11.2 Å². The molecule has 0 bridgehead atoms. The van der Waals surface area contributed by atoms with Gasteiger partial charge < -0.3 is 13.9 Å². The van der Waals surface area contributed by atoms with Gasteiger partial charge in [0.05, 0.1) is 11.0 Å². The number of anilines is 3. The lowest BCUT2D eigenvalue weighted by molar-refractivity contribution is 0.668. The average Bonchev–Trinajstić information content (AvgIpc) is 3.59. The average molecular weight is 552 g/mol. The molecular weight excluding hydrogens is 526 g/mol. The predicted octanol–water partition coefficient (Wildman–Crippen LogP) is 10.7. The molecule has 0 radical (unpaired) electrons. The summed E-state index contributed by atoms with van der Waals surface area (Å²) in [4.78, 5) is 6.67. The highest BCUT2D eigenvalue weighted by atomic mass is 16.3. The van der Waals surface area contributed by atoms with E-state index in [9.17, 15) is 0 Å². The number of hydrogen-bond acceptors (Lipinski definition) is 3. The van der Waals surface area contributed by atoms with Crippen molar-refractivity contribution >= 4 is 71.6 Å². The molecule has 4 heteroatoms. The molecule has 4 nitrogen and oxygen atoms in total. The van der Waals surface area contributed by atoms with Crippen molar-refractivity contribution in [3.63, 3.8) is 0 Å². The van der Waals surface area contributed by atoms with Crippen LogP contribution in [0.15, 0.2) is 156 Å². The number of nitrogens with zero attached hydrogens (tertiary/aromatic N) is 3. The van der Waals surface area contributed by atoms with Crippen molar-refractivity contribution in [3.8, 4) is 5.69 Å². The molecule has 3 heterocycles. The fourth-order valence-corrected chi connectivity index (χ4v) is 6.48. The molecule has 0 aliphatic heterocycles. The summed E-state index contributed by atoms with van der Waals surface area (Å²) in [5.41, 5.74) is 8.39. The van der Waals surface area contributed by atoms with Crippen LogP contribution >= 0.6 is 0 Å². The predicted molar refractivity (Wildman–Crippen MR) is 178 cm³/mol. The molecule has 43 heavy (non-hydrogen) atoms. The van der Waals surface area contributed by atoms with Gasteiger partial charge in [-0.3, -0.25) is 4.98 Å². The summed E-state index contributed by atoms with van der Waals surface area (Å²) in [6.45, 7) is 0. The highest BCUT2D eigenvalue weighted by molar-refractivity contribution is 6.13. The van der Waals surface area contributed by atoms with Crippen molar-refractivity contribution in [1.29, 1.82) is 0 Å². The zero-order chi connectivity index (χ0) is 28.3. The van der Waals surface area contributed by atoms with Crippen LogP contribution in [0.4, 0.5) is 17.1 Å². The van der Waals surface area contributed by atoms with Crippen LogP contribution in [0.1, 0.15) is 0 Å². The number of hydrogen-bond donors (Lipinski definition) is 0. The maximum Gasteiger partial charge on any atom is 0.138 e. The van der Waals surface area contributed by atoms with Gasteiger partial charge in [-0.2, -0.15) is 0 Å². The fraction of sp³-hybridized carbons (Fsp3) is 0. The largest absolute Gasteiger partial charge is 0.456 e.